The van der Waals surface area contributed by atoms with E-state index in [2.05, 4.69) is 15.6 Å². The number of nitrogens with two attached hydrogens (primary N) is 1. The second-order valence-corrected chi connectivity index (χ2v) is 5.77. The Balaban J connectivity index is 0.00000242. The predicted octanol–water partition coefficient (Wildman–Crippen LogP) is 1.07. The van der Waals surface area contributed by atoms with Crippen LogP contribution < -0.4 is 21.1 Å². The Morgan fingerprint density at radius 1 is 1.52 bits per heavy atom. The molecule has 0 aliphatic carbocycles. The molecule has 1 unspecified atom stereocenters. The minimum Gasteiger partial charge on any atom is -0.480 e. The zero-order valence-electron chi connectivity index (χ0n) is 12.5. The third-order valence-electron chi connectivity index (χ3n) is 3.02. The van der Waals surface area contributed by atoms with Crippen LogP contribution >= 0.6 is 36.6 Å². The lowest BCUT2D eigenvalue weighted by Gasteiger charge is -2.22. The highest BCUT2D eigenvalue weighted by atomic mass is 35.5. The quantitative estimate of drug-likeness (QED) is 0.702. The smallest absolute Gasteiger partial charge is 0.254 e. The molecule has 130 valence electrons. The summed E-state index contributed by atoms with van der Waals surface area (Å²) in [5.41, 5.74) is 5.82. The van der Waals surface area contributed by atoms with E-state index in [1.807, 2.05) is 11.8 Å². The van der Waals surface area contributed by atoms with Gasteiger partial charge in [-0.15, -0.1) is 24.8 Å². The lowest BCUT2D eigenvalue weighted by molar-refractivity contribution is -0.116. The fraction of sp³-hybridized carbons (Fsp3) is 0.462. The second-order valence-electron chi connectivity index (χ2n) is 4.62. The van der Waals surface area contributed by atoms with Crippen molar-refractivity contribution in [3.05, 3.63) is 17.8 Å². The first kappa shape index (κ1) is 21.8. The number of hydrogen-bond donors (Lipinski definition) is 3. The monoisotopic (exact) mass is 382 g/mol. The summed E-state index contributed by atoms with van der Waals surface area (Å²) < 4.78 is 4.95. The standard InChI is InChI=1S/C13H18N4O3S.2ClH/c1-20-13-10(12(14)19)4-8(6-16-13)17-11(18)5-9-7-21-3-2-15-9;;/h4,6,9,15H,2-3,5,7H2,1H3,(H2,14,19)(H,17,18);2*1H. The van der Waals surface area contributed by atoms with Crippen molar-refractivity contribution in [1.29, 1.82) is 0 Å². The Morgan fingerprint density at radius 3 is 2.83 bits per heavy atom. The van der Waals surface area contributed by atoms with Crippen molar-refractivity contribution in [3.8, 4) is 5.88 Å². The van der Waals surface area contributed by atoms with Crippen molar-refractivity contribution in [2.24, 2.45) is 5.73 Å². The van der Waals surface area contributed by atoms with E-state index in [9.17, 15) is 9.59 Å². The molecule has 1 aromatic rings. The molecule has 2 rings (SSSR count). The maximum atomic E-state index is 12.0. The van der Waals surface area contributed by atoms with Crippen LogP contribution in [0.15, 0.2) is 12.3 Å². The summed E-state index contributed by atoms with van der Waals surface area (Å²) in [5.74, 6) is 1.35. The molecule has 2 amide bonds. The molecular weight excluding hydrogens is 363 g/mol. The van der Waals surface area contributed by atoms with E-state index >= 15 is 0 Å². The number of halogens is 2. The molecule has 0 saturated carbocycles. The lowest BCUT2D eigenvalue weighted by atomic mass is 10.2. The van der Waals surface area contributed by atoms with E-state index in [1.165, 1.54) is 19.4 Å². The van der Waals surface area contributed by atoms with E-state index < -0.39 is 5.91 Å². The highest BCUT2D eigenvalue weighted by molar-refractivity contribution is 7.99. The Labute approximate surface area is 151 Å². The first-order valence-corrected chi connectivity index (χ1v) is 7.70. The first-order valence-electron chi connectivity index (χ1n) is 6.55. The fourth-order valence-corrected chi connectivity index (χ4v) is 3.00. The number of thioether (sulfide) groups is 1. The molecule has 23 heavy (non-hydrogen) atoms. The van der Waals surface area contributed by atoms with Gasteiger partial charge < -0.3 is 21.1 Å². The molecule has 0 spiro atoms. The summed E-state index contributed by atoms with van der Waals surface area (Å²) in [5, 5.41) is 6.01. The van der Waals surface area contributed by atoms with E-state index in [0.29, 0.717) is 12.1 Å². The molecule has 0 aromatic carbocycles. The van der Waals surface area contributed by atoms with Gasteiger partial charge in [-0.3, -0.25) is 9.59 Å². The van der Waals surface area contributed by atoms with Gasteiger partial charge in [-0.1, -0.05) is 0 Å². The third-order valence-corrected chi connectivity index (χ3v) is 4.15. The Kier molecular flexibility index (Phi) is 9.98. The van der Waals surface area contributed by atoms with Crippen molar-refractivity contribution < 1.29 is 14.3 Å². The number of hydrogen-bond acceptors (Lipinski definition) is 6. The van der Waals surface area contributed by atoms with Crippen molar-refractivity contribution in [2.75, 3.05) is 30.5 Å². The van der Waals surface area contributed by atoms with Gasteiger partial charge >= 0.3 is 0 Å². The van der Waals surface area contributed by atoms with Crippen molar-refractivity contribution in [1.82, 2.24) is 10.3 Å². The number of amides is 2. The third kappa shape index (κ3) is 6.42. The molecule has 0 radical (unpaired) electrons. The van der Waals surface area contributed by atoms with Crippen LogP contribution in [0.5, 0.6) is 5.88 Å². The van der Waals surface area contributed by atoms with E-state index in [-0.39, 0.29) is 48.2 Å². The number of carbonyl (C=O) groups is 2. The number of ether oxygens (including phenoxy) is 1. The summed E-state index contributed by atoms with van der Waals surface area (Å²) in [6, 6.07) is 1.64. The van der Waals surface area contributed by atoms with Crippen molar-refractivity contribution in [2.45, 2.75) is 12.5 Å². The molecule has 4 N–H and O–H groups in total. The fourth-order valence-electron chi connectivity index (χ4n) is 2.05. The average Bonchev–Trinajstić information content (AvgIpc) is 2.48. The minimum atomic E-state index is -0.652. The Morgan fingerprint density at radius 2 is 2.26 bits per heavy atom. The first-order chi connectivity index (χ1) is 10.1. The van der Waals surface area contributed by atoms with E-state index in [0.717, 1.165) is 18.1 Å². The van der Waals surface area contributed by atoms with Crippen LogP contribution in [0, 0.1) is 0 Å². The maximum absolute atomic E-state index is 12.0. The highest BCUT2D eigenvalue weighted by Gasteiger charge is 2.18. The SMILES string of the molecule is COc1ncc(NC(=O)CC2CSCCN2)cc1C(N)=O.Cl.Cl. The molecule has 1 saturated heterocycles. The second kappa shape index (κ2) is 10.5. The van der Waals surface area contributed by atoms with Crippen LogP contribution in [0.25, 0.3) is 0 Å². The van der Waals surface area contributed by atoms with Crippen molar-refractivity contribution in [3.63, 3.8) is 0 Å². The van der Waals surface area contributed by atoms with Crippen LogP contribution in [-0.4, -0.2) is 48.0 Å². The van der Waals surface area contributed by atoms with Gasteiger partial charge in [0.25, 0.3) is 5.91 Å². The number of primary amides is 1. The Bertz CT molecular complexity index is 542. The van der Waals surface area contributed by atoms with Gasteiger partial charge in [-0.05, 0) is 6.07 Å². The number of carbonyl (C=O) groups excluding carboxylic acids is 2. The number of pyridine rings is 1. The van der Waals surface area contributed by atoms with Gasteiger partial charge in [0.05, 0.1) is 19.0 Å². The zero-order valence-corrected chi connectivity index (χ0v) is 15.0. The number of nitrogens with zero attached hydrogens (tertiary/aromatic N) is 1. The van der Waals surface area contributed by atoms with Crippen molar-refractivity contribution >= 4 is 54.1 Å². The zero-order chi connectivity index (χ0) is 15.2. The molecule has 10 heteroatoms. The molecule has 1 fully saturated rings. The summed E-state index contributed by atoms with van der Waals surface area (Å²) >= 11 is 1.83. The summed E-state index contributed by atoms with van der Waals surface area (Å²) in [6.07, 6.45) is 1.82. The summed E-state index contributed by atoms with van der Waals surface area (Å²) in [7, 11) is 1.40. The molecule has 0 bridgehead atoms. The molecule has 2 heterocycles. The predicted molar refractivity (Wildman–Crippen MR) is 96.2 cm³/mol. The van der Waals surface area contributed by atoms with Gasteiger partial charge in [0.1, 0.15) is 5.56 Å². The Hall–Kier alpha value is -1.22. The van der Waals surface area contributed by atoms with E-state index in [4.69, 9.17) is 10.5 Å². The maximum Gasteiger partial charge on any atom is 0.254 e. The van der Waals surface area contributed by atoms with Crippen LogP contribution in [-0.2, 0) is 4.79 Å². The van der Waals surface area contributed by atoms with Gasteiger partial charge in [0, 0.05) is 30.5 Å². The molecule has 1 atom stereocenters. The highest BCUT2D eigenvalue weighted by Crippen LogP contribution is 2.19. The van der Waals surface area contributed by atoms with Gasteiger partial charge in [-0.2, -0.15) is 11.8 Å². The molecule has 1 aromatic heterocycles. The largest absolute Gasteiger partial charge is 0.480 e. The summed E-state index contributed by atoms with van der Waals surface area (Å²) in [6.45, 7) is 0.915. The van der Waals surface area contributed by atoms with Crippen LogP contribution in [0.2, 0.25) is 0 Å². The minimum absolute atomic E-state index is 0. The summed E-state index contributed by atoms with van der Waals surface area (Å²) in [4.78, 5) is 27.3. The number of anilines is 1. The average molecular weight is 383 g/mol. The van der Waals surface area contributed by atoms with Crippen LogP contribution in [0.4, 0.5) is 5.69 Å². The van der Waals surface area contributed by atoms with Gasteiger partial charge in [0.2, 0.25) is 11.8 Å². The topological polar surface area (TPSA) is 106 Å². The molecule has 1 aliphatic heterocycles. The number of aromatic nitrogens is 1. The lowest BCUT2D eigenvalue weighted by Crippen LogP contribution is -2.39. The molecule has 1 aliphatic rings. The van der Waals surface area contributed by atoms with Gasteiger partial charge in [-0.25, -0.2) is 4.98 Å². The number of methoxy groups -OCH3 is 1. The number of rotatable bonds is 5. The van der Waals surface area contributed by atoms with E-state index in [1.54, 1.807) is 0 Å². The normalized spacial score (nSPS) is 16.5. The van der Waals surface area contributed by atoms with Gasteiger partial charge in [0.15, 0.2) is 0 Å². The molecule has 7 nitrogen and oxygen atoms in total. The number of nitrogens with one attached hydrogen (secondary N) is 2. The molecular formula is C13H20Cl2N4O3S. The van der Waals surface area contributed by atoms with Crippen LogP contribution in [0.1, 0.15) is 16.8 Å². The van der Waals surface area contributed by atoms with Crippen LogP contribution in [0.3, 0.4) is 0 Å².